The molecule has 0 spiro atoms. The Hall–Kier alpha value is -1.46. The molecule has 0 aromatic carbocycles. The Morgan fingerprint density at radius 2 is 2.30 bits per heavy atom. The van der Waals surface area contributed by atoms with Crippen LogP contribution in [0.15, 0.2) is 24.5 Å². The lowest BCUT2D eigenvalue weighted by Crippen LogP contribution is -2.37. The molecule has 2 fully saturated rings. The van der Waals surface area contributed by atoms with Crippen LogP contribution in [-0.2, 0) is 11.3 Å². The van der Waals surface area contributed by atoms with Gasteiger partial charge in [0, 0.05) is 50.6 Å². The molecule has 2 heterocycles. The largest absolute Gasteiger partial charge is 0.396 e. The Bertz CT molecular complexity index is 461. The Balaban J connectivity index is 1.60. The molecule has 2 atom stereocenters. The van der Waals surface area contributed by atoms with E-state index >= 15 is 0 Å². The normalized spacial score (nSPS) is 26.6. The number of carbonyl (C=O) groups is 1. The quantitative estimate of drug-likeness (QED) is 0.816. The van der Waals surface area contributed by atoms with Crippen molar-refractivity contribution in [3.8, 4) is 0 Å². The van der Waals surface area contributed by atoms with Crippen LogP contribution >= 0.6 is 0 Å². The topological polar surface area (TPSA) is 65.5 Å². The number of likely N-dealkylation sites (tertiary alicyclic amines) is 1. The van der Waals surface area contributed by atoms with Gasteiger partial charge in [0.05, 0.1) is 5.92 Å². The number of rotatable bonds is 5. The van der Waals surface area contributed by atoms with E-state index in [1.165, 1.54) is 0 Å². The molecule has 5 nitrogen and oxygen atoms in total. The number of hydrogen-bond donors (Lipinski definition) is 2. The number of amides is 1. The lowest BCUT2D eigenvalue weighted by atomic mass is 9.96. The second-order valence-electron chi connectivity index (χ2n) is 5.89. The van der Waals surface area contributed by atoms with E-state index in [4.69, 9.17) is 0 Å². The number of hydrogen-bond acceptors (Lipinski definition) is 4. The molecule has 1 aliphatic carbocycles. The zero-order valence-electron chi connectivity index (χ0n) is 11.5. The van der Waals surface area contributed by atoms with Crippen LogP contribution in [0.2, 0.25) is 0 Å². The van der Waals surface area contributed by atoms with Crippen LogP contribution in [0.3, 0.4) is 0 Å². The molecule has 2 N–H and O–H groups in total. The average Bonchev–Trinajstić information content (AvgIpc) is 3.18. The lowest BCUT2D eigenvalue weighted by Gasteiger charge is -2.16. The SMILES string of the molecule is O=C(NC1CC1)[C@@H]1CN(Cc2cccnc2)C[C@H]1CO. The van der Waals surface area contributed by atoms with Gasteiger partial charge in [0.25, 0.3) is 0 Å². The highest BCUT2D eigenvalue weighted by molar-refractivity contribution is 5.80. The first kappa shape index (κ1) is 13.5. The molecule has 1 amide bonds. The monoisotopic (exact) mass is 275 g/mol. The van der Waals surface area contributed by atoms with Gasteiger partial charge >= 0.3 is 0 Å². The maximum Gasteiger partial charge on any atom is 0.225 e. The standard InChI is InChI=1S/C15H21N3O2/c19-10-12-8-18(7-11-2-1-5-16-6-11)9-14(12)15(20)17-13-3-4-13/h1-2,5-6,12-14,19H,3-4,7-10H2,(H,17,20)/t12-,14+/m0/s1. The average molecular weight is 275 g/mol. The van der Waals surface area contributed by atoms with Crippen molar-refractivity contribution in [2.24, 2.45) is 11.8 Å². The van der Waals surface area contributed by atoms with E-state index in [9.17, 15) is 9.90 Å². The van der Waals surface area contributed by atoms with Crippen molar-refractivity contribution < 1.29 is 9.90 Å². The Kier molecular flexibility index (Phi) is 3.98. The molecule has 20 heavy (non-hydrogen) atoms. The van der Waals surface area contributed by atoms with Crippen LogP contribution in [0.4, 0.5) is 0 Å². The summed E-state index contributed by atoms with van der Waals surface area (Å²) in [5.41, 5.74) is 1.15. The first-order valence-electron chi connectivity index (χ1n) is 7.28. The van der Waals surface area contributed by atoms with Gasteiger partial charge in [-0.2, -0.15) is 0 Å². The molecular formula is C15H21N3O2. The third-order valence-electron chi connectivity index (χ3n) is 4.14. The van der Waals surface area contributed by atoms with Crippen LogP contribution in [0.1, 0.15) is 18.4 Å². The second kappa shape index (κ2) is 5.89. The number of aliphatic hydroxyl groups is 1. The molecule has 1 saturated heterocycles. The molecule has 0 unspecified atom stereocenters. The summed E-state index contributed by atoms with van der Waals surface area (Å²) in [4.78, 5) is 18.5. The number of pyridine rings is 1. The molecule has 108 valence electrons. The van der Waals surface area contributed by atoms with E-state index < -0.39 is 0 Å². The Morgan fingerprint density at radius 1 is 1.45 bits per heavy atom. The van der Waals surface area contributed by atoms with Crippen molar-refractivity contribution in [1.82, 2.24) is 15.2 Å². The maximum absolute atomic E-state index is 12.2. The summed E-state index contributed by atoms with van der Waals surface area (Å²) < 4.78 is 0. The van der Waals surface area contributed by atoms with Crippen LogP contribution in [-0.4, -0.2) is 46.6 Å². The number of aromatic nitrogens is 1. The molecule has 1 aromatic rings. The van der Waals surface area contributed by atoms with Crippen molar-refractivity contribution in [2.45, 2.75) is 25.4 Å². The minimum atomic E-state index is -0.0859. The van der Waals surface area contributed by atoms with Gasteiger partial charge in [0.15, 0.2) is 0 Å². The fourth-order valence-electron chi connectivity index (χ4n) is 2.86. The predicted molar refractivity (Wildman–Crippen MR) is 74.7 cm³/mol. The molecule has 3 rings (SSSR count). The van der Waals surface area contributed by atoms with Gasteiger partial charge in [-0.25, -0.2) is 0 Å². The van der Waals surface area contributed by atoms with E-state index in [0.717, 1.165) is 38.0 Å². The van der Waals surface area contributed by atoms with Gasteiger partial charge in [-0.15, -0.1) is 0 Å². The summed E-state index contributed by atoms with van der Waals surface area (Å²) in [6, 6.07) is 4.35. The Morgan fingerprint density at radius 3 is 2.95 bits per heavy atom. The molecule has 0 radical (unpaired) electrons. The van der Waals surface area contributed by atoms with Crippen molar-refractivity contribution in [3.63, 3.8) is 0 Å². The summed E-state index contributed by atoms with van der Waals surface area (Å²) >= 11 is 0. The molecule has 1 saturated carbocycles. The summed E-state index contributed by atoms with van der Waals surface area (Å²) in [5.74, 6) is 0.0722. The van der Waals surface area contributed by atoms with E-state index in [1.807, 2.05) is 18.3 Å². The fraction of sp³-hybridized carbons (Fsp3) is 0.600. The zero-order valence-corrected chi connectivity index (χ0v) is 11.5. The summed E-state index contributed by atoms with van der Waals surface area (Å²) in [6.45, 7) is 2.36. The summed E-state index contributed by atoms with van der Waals surface area (Å²) in [6.07, 6.45) is 5.81. The van der Waals surface area contributed by atoms with E-state index in [-0.39, 0.29) is 24.3 Å². The number of nitrogens with one attached hydrogen (secondary N) is 1. The first-order valence-corrected chi connectivity index (χ1v) is 7.28. The summed E-state index contributed by atoms with van der Waals surface area (Å²) in [5, 5.41) is 12.6. The minimum Gasteiger partial charge on any atom is -0.396 e. The minimum absolute atomic E-state index is 0.0467. The zero-order chi connectivity index (χ0) is 13.9. The van der Waals surface area contributed by atoms with Crippen molar-refractivity contribution in [1.29, 1.82) is 0 Å². The summed E-state index contributed by atoms with van der Waals surface area (Å²) in [7, 11) is 0. The molecule has 1 aliphatic heterocycles. The molecule has 1 aromatic heterocycles. The van der Waals surface area contributed by atoms with Crippen LogP contribution in [0, 0.1) is 11.8 Å². The van der Waals surface area contributed by atoms with Gasteiger partial charge in [-0.05, 0) is 24.5 Å². The number of nitrogens with zero attached hydrogens (tertiary/aromatic N) is 2. The molecular weight excluding hydrogens is 254 g/mol. The van der Waals surface area contributed by atoms with Crippen molar-refractivity contribution >= 4 is 5.91 Å². The third-order valence-corrected chi connectivity index (χ3v) is 4.14. The fourth-order valence-corrected chi connectivity index (χ4v) is 2.86. The highest BCUT2D eigenvalue weighted by Gasteiger charge is 2.38. The highest BCUT2D eigenvalue weighted by atomic mass is 16.3. The van der Waals surface area contributed by atoms with Gasteiger partial charge in [-0.1, -0.05) is 6.07 Å². The molecule has 0 bridgehead atoms. The number of aliphatic hydroxyl groups excluding tert-OH is 1. The lowest BCUT2D eigenvalue weighted by molar-refractivity contribution is -0.126. The highest BCUT2D eigenvalue weighted by Crippen LogP contribution is 2.27. The second-order valence-corrected chi connectivity index (χ2v) is 5.89. The Labute approximate surface area is 119 Å². The van der Waals surface area contributed by atoms with Crippen LogP contribution < -0.4 is 5.32 Å². The smallest absolute Gasteiger partial charge is 0.225 e. The van der Waals surface area contributed by atoms with Gasteiger partial charge in [0.2, 0.25) is 5.91 Å². The van der Waals surface area contributed by atoms with Crippen molar-refractivity contribution in [2.75, 3.05) is 19.7 Å². The van der Waals surface area contributed by atoms with Gasteiger partial charge in [0.1, 0.15) is 0 Å². The first-order chi connectivity index (χ1) is 9.76. The predicted octanol–water partition coefficient (Wildman–Crippen LogP) is 0.400. The van der Waals surface area contributed by atoms with Crippen LogP contribution in [0.5, 0.6) is 0 Å². The molecule has 2 aliphatic rings. The van der Waals surface area contributed by atoms with Crippen LogP contribution in [0.25, 0.3) is 0 Å². The van der Waals surface area contributed by atoms with Gasteiger partial charge < -0.3 is 10.4 Å². The van der Waals surface area contributed by atoms with E-state index in [0.29, 0.717) is 6.04 Å². The van der Waals surface area contributed by atoms with E-state index in [1.54, 1.807) is 6.20 Å². The van der Waals surface area contributed by atoms with Gasteiger partial charge in [-0.3, -0.25) is 14.7 Å². The van der Waals surface area contributed by atoms with E-state index in [2.05, 4.69) is 15.2 Å². The molecule has 5 heteroatoms. The number of carbonyl (C=O) groups excluding carboxylic acids is 1. The van der Waals surface area contributed by atoms with Crippen molar-refractivity contribution in [3.05, 3.63) is 30.1 Å². The third kappa shape index (κ3) is 3.16. The maximum atomic E-state index is 12.2.